The third kappa shape index (κ3) is 1.85. The van der Waals surface area contributed by atoms with Gasteiger partial charge < -0.3 is 4.79 Å². The third-order valence-electron chi connectivity index (χ3n) is 2.01. The zero-order valence-corrected chi connectivity index (χ0v) is 5.55. The first kappa shape index (κ1) is 6.85. The Morgan fingerprint density at radius 2 is 1.78 bits per heavy atom. The number of carbonyl (C=O) groups is 1. The fraction of sp³-hybridized carbons (Fsp3) is 0.857. The Hall–Kier alpha value is -0.265. The lowest BCUT2D eigenvalue weighted by atomic mass is 9.72. The first-order valence-corrected chi connectivity index (χ1v) is 3.54. The van der Waals surface area contributed by atoms with Crippen molar-refractivity contribution in [2.45, 2.75) is 31.5 Å². The summed E-state index contributed by atoms with van der Waals surface area (Å²) in [7, 11) is 5.64. The summed E-state index contributed by atoms with van der Waals surface area (Å²) >= 11 is 0. The van der Waals surface area contributed by atoms with Crippen LogP contribution in [0, 0.1) is 5.92 Å². The van der Waals surface area contributed by atoms with Crippen LogP contribution in [-0.2, 0) is 4.79 Å². The lowest BCUT2D eigenvalue weighted by Gasteiger charge is -2.21. The van der Waals surface area contributed by atoms with E-state index in [4.69, 9.17) is 7.85 Å². The Labute approximate surface area is 57.2 Å². The van der Waals surface area contributed by atoms with Gasteiger partial charge in [0.2, 0.25) is 0 Å². The van der Waals surface area contributed by atoms with Crippen LogP contribution in [-0.4, -0.2) is 14.1 Å². The molecule has 1 aliphatic rings. The van der Waals surface area contributed by atoms with Gasteiger partial charge in [-0.1, -0.05) is 18.7 Å². The second kappa shape index (κ2) is 3.04. The number of hydrogen-bond acceptors (Lipinski definition) is 1. The maximum absolute atomic E-state index is 10.2. The molecule has 9 heavy (non-hydrogen) atoms. The summed E-state index contributed by atoms with van der Waals surface area (Å²) in [6.07, 6.45) is 5.13. The fourth-order valence-corrected chi connectivity index (χ4v) is 1.28. The zero-order valence-electron chi connectivity index (χ0n) is 5.55. The van der Waals surface area contributed by atoms with E-state index >= 15 is 0 Å². The molecule has 0 aromatic carbocycles. The normalized spacial score (nSPS) is 36.0. The Bertz CT molecular complexity index is 95.1. The summed E-state index contributed by atoms with van der Waals surface area (Å²) in [6, 6.07) is 0. The first-order valence-electron chi connectivity index (χ1n) is 3.54. The largest absolute Gasteiger partial charge is 0.303 e. The summed E-state index contributed by atoms with van der Waals surface area (Å²) in [5, 5.41) is 0. The van der Waals surface area contributed by atoms with Gasteiger partial charge in [-0.3, -0.25) is 0 Å². The summed E-state index contributed by atoms with van der Waals surface area (Å²) in [5.74, 6) is 0.672. The van der Waals surface area contributed by atoms with E-state index in [0.717, 1.165) is 32.0 Å². The second-order valence-electron chi connectivity index (χ2n) is 2.81. The third-order valence-corrected chi connectivity index (χ3v) is 2.01. The molecule has 0 bridgehead atoms. The highest BCUT2D eigenvalue weighted by molar-refractivity contribution is 6.11. The molecule has 0 N–H and O–H groups in total. The molecule has 0 amide bonds. The molecule has 1 rings (SSSR count). The molecule has 2 radical (unpaired) electrons. The van der Waals surface area contributed by atoms with Gasteiger partial charge in [0, 0.05) is 5.92 Å². The van der Waals surface area contributed by atoms with Gasteiger partial charge in [-0.15, -0.1) is 0 Å². The van der Waals surface area contributed by atoms with Crippen LogP contribution in [0.2, 0.25) is 5.82 Å². The van der Waals surface area contributed by atoms with E-state index in [1.165, 1.54) is 0 Å². The maximum Gasteiger partial charge on any atom is 0.123 e. The molecular weight excluding hydrogens is 111 g/mol. The van der Waals surface area contributed by atoms with Crippen LogP contribution in [0.15, 0.2) is 0 Å². The van der Waals surface area contributed by atoms with Gasteiger partial charge in [-0.25, -0.2) is 0 Å². The maximum atomic E-state index is 10.2. The molecule has 0 spiro atoms. The van der Waals surface area contributed by atoms with Crippen molar-refractivity contribution in [2.75, 3.05) is 0 Å². The van der Waals surface area contributed by atoms with Crippen LogP contribution in [0.25, 0.3) is 0 Å². The standard InChI is InChI=1S/C7H11BO/c8-7-3-1-6(5-9)2-4-7/h5-7H,1-4H2. The molecule has 0 unspecified atom stereocenters. The minimum atomic E-state index is 0.310. The topological polar surface area (TPSA) is 17.1 Å². The minimum Gasteiger partial charge on any atom is -0.303 e. The summed E-state index contributed by atoms with van der Waals surface area (Å²) < 4.78 is 0. The first-order chi connectivity index (χ1) is 4.33. The molecule has 0 atom stereocenters. The molecule has 0 aromatic heterocycles. The Balaban J connectivity index is 2.26. The molecule has 1 saturated carbocycles. The molecule has 2 heteroatoms. The molecule has 1 aliphatic carbocycles. The van der Waals surface area contributed by atoms with Crippen molar-refractivity contribution >= 4 is 14.1 Å². The van der Waals surface area contributed by atoms with Gasteiger partial charge in [0.25, 0.3) is 0 Å². The summed E-state index contributed by atoms with van der Waals surface area (Å²) in [5.41, 5.74) is 0. The molecule has 0 saturated heterocycles. The van der Waals surface area contributed by atoms with Crippen molar-refractivity contribution in [2.24, 2.45) is 5.92 Å². The number of rotatable bonds is 1. The van der Waals surface area contributed by atoms with Crippen LogP contribution in [0.4, 0.5) is 0 Å². The predicted molar refractivity (Wildman–Crippen MR) is 37.5 cm³/mol. The van der Waals surface area contributed by atoms with Gasteiger partial charge in [0.15, 0.2) is 0 Å². The van der Waals surface area contributed by atoms with Gasteiger partial charge in [0.05, 0.1) is 7.85 Å². The van der Waals surface area contributed by atoms with E-state index in [2.05, 4.69) is 0 Å². The number of hydrogen-bond donors (Lipinski definition) is 0. The molecule has 0 heterocycles. The van der Waals surface area contributed by atoms with Crippen LogP contribution >= 0.6 is 0 Å². The van der Waals surface area contributed by atoms with Crippen molar-refractivity contribution in [1.29, 1.82) is 0 Å². The van der Waals surface area contributed by atoms with Crippen LogP contribution in [0.5, 0.6) is 0 Å². The van der Waals surface area contributed by atoms with E-state index in [1.807, 2.05) is 0 Å². The number of carbonyl (C=O) groups excluding carboxylic acids is 1. The molecule has 0 aliphatic heterocycles. The van der Waals surface area contributed by atoms with E-state index < -0.39 is 0 Å². The van der Waals surface area contributed by atoms with E-state index in [0.29, 0.717) is 11.7 Å². The smallest absolute Gasteiger partial charge is 0.123 e. The Morgan fingerprint density at radius 1 is 1.22 bits per heavy atom. The van der Waals surface area contributed by atoms with Crippen molar-refractivity contribution in [3.05, 3.63) is 0 Å². The van der Waals surface area contributed by atoms with Gasteiger partial charge >= 0.3 is 0 Å². The Morgan fingerprint density at radius 3 is 2.22 bits per heavy atom. The van der Waals surface area contributed by atoms with E-state index in [1.54, 1.807) is 0 Å². The zero-order chi connectivity index (χ0) is 6.69. The average Bonchev–Trinajstić information content (AvgIpc) is 1.90. The second-order valence-corrected chi connectivity index (χ2v) is 2.81. The predicted octanol–water partition coefficient (Wildman–Crippen LogP) is 1.33. The van der Waals surface area contributed by atoms with Crippen LogP contribution in [0.3, 0.4) is 0 Å². The quantitative estimate of drug-likeness (QED) is 0.378. The van der Waals surface area contributed by atoms with E-state index in [9.17, 15) is 4.79 Å². The minimum absolute atomic E-state index is 0.310. The SMILES string of the molecule is [B]C1CCC(C=O)CC1. The van der Waals surface area contributed by atoms with Gasteiger partial charge in [-0.2, -0.15) is 0 Å². The monoisotopic (exact) mass is 122 g/mol. The highest BCUT2D eigenvalue weighted by atomic mass is 16.1. The highest BCUT2D eigenvalue weighted by Gasteiger charge is 2.16. The summed E-state index contributed by atoms with van der Waals surface area (Å²) in [6.45, 7) is 0. The molecule has 1 nitrogen and oxygen atoms in total. The molecule has 1 fully saturated rings. The van der Waals surface area contributed by atoms with Crippen LogP contribution < -0.4 is 0 Å². The van der Waals surface area contributed by atoms with Crippen molar-refractivity contribution in [1.82, 2.24) is 0 Å². The fourth-order valence-electron chi connectivity index (χ4n) is 1.28. The number of aldehydes is 1. The highest BCUT2D eigenvalue weighted by Crippen LogP contribution is 2.28. The van der Waals surface area contributed by atoms with Crippen molar-refractivity contribution < 1.29 is 4.79 Å². The molecular formula is C7H11BO. The van der Waals surface area contributed by atoms with Crippen molar-refractivity contribution in [3.63, 3.8) is 0 Å². The lowest BCUT2D eigenvalue weighted by molar-refractivity contribution is -0.111. The van der Waals surface area contributed by atoms with Crippen molar-refractivity contribution in [3.8, 4) is 0 Å². The average molecular weight is 122 g/mol. The Kier molecular flexibility index (Phi) is 2.32. The van der Waals surface area contributed by atoms with Crippen LogP contribution in [0.1, 0.15) is 25.7 Å². The van der Waals surface area contributed by atoms with E-state index in [-0.39, 0.29) is 0 Å². The van der Waals surface area contributed by atoms with Gasteiger partial charge in [0.1, 0.15) is 6.29 Å². The molecule has 48 valence electrons. The lowest BCUT2D eigenvalue weighted by Crippen LogP contribution is -2.11. The molecule has 0 aromatic rings. The van der Waals surface area contributed by atoms with Gasteiger partial charge in [-0.05, 0) is 12.8 Å². The summed E-state index contributed by atoms with van der Waals surface area (Å²) in [4.78, 5) is 10.2.